The molecule has 0 aromatic heterocycles. The van der Waals surface area contributed by atoms with Crippen molar-refractivity contribution in [2.24, 2.45) is 0 Å². The second-order valence-corrected chi connectivity index (χ2v) is 10.1. The fourth-order valence-corrected chi connectivity index (χ4v) is 4.37. The molecule has 0 heterocycles. The number of nitrogens with zero attached hydrogens (tertiary/aromatic N) is 2. The van der Waals surface area contributed by atoms with Crippen LogP contribution in [-0.4, -0.2) is 62.8 Å². The topological polar surface area (TPSA) is 34.1 Å². The molecule has 2 aromatic carbocycles. The Morgan fingerprint density at radius 1 is 0.778 bits per heavy atom. The van der Waals surface area contributed by atoms with Crippen LogP contribution in [0.5, 0.6) is 0 Å². The zero-order chi connectivity index (χ0) is 20.1. The van der Waals surface area contributed by atoms with E-state index in [1.165, 1.54) is 0 Å². The van der Waals surface area contributed by atoms with Gasteiger partial charge in [0, 0.05) is 37.9 Å². The maximum absolute atomic E-state index is 13.2. The van der Waals surface area contributed by atoms with Gasteiger partial charge in [-0.3, -0.25) is 9.59 Å². The summed E-state index contributed by atoms with van der Waals surface area (Å²) < 4.78 is 2.25. The van der Waals surface area contributed by atoms with Gasteiger partial charge in [-0.25, -0.2) is 0 Å². The third kappa shape index (κ3) is 3.91. The van der Waals surface area contributed by atoms with Gasteiger partial charge >= 0.3 is 0 Å². The summed E-state index contributed by atoms with van der Waals surface area (Å²) in [7, 11) is 12.8. The van der Waals surface area contributed by atoms with E-state index < -0.39 is 0 Å². The van der Waals surface area contributed by atoms with Crippen LogP contribution in [0.4, 0.5) is 0 Å². The molecule has 0 bridgehead atoms. The first-order valence-corrected chi connectivity index (χ1v) is 9.82. The van der Waals surface area contributed by atoms with E-state index in [0.29, 0.717) is 22.3 Å². The lowest BCUT2D eigenvalue weighted by molar-refractivity contribution is -0.887. The first kappa shape index (κ1) is 19.9. The summed E-state index contributed by atoms with van der Waals surface area (Å²) in [6, 6.07) is 9.05. The molecule has 2 aromatic rings. The summed E-state index contributed by atoms with van der Waals surface area (Å²) in [5.41, 5.74) is 4.23. The second-order valence-electron chi connectivity index (χ2n) is 9.35. The van der Waals surface area contributed by atoms with Crippen molar-refractivity contribution in [1.29, 1.82) is 0 Å². The van der Waals surface area contributed by atoms with Gasteiger partial charge in [-0.05, 0) is 22.0 Å². The molecular weight excluding hydrogens is 404 g/mol. The highest BCUT2D eigenvalue weighted by Crippen LogP contribution is 2.37. The highest BCUT2D eigenvalue weighted by atomic mass is 79.9. The number of ketones is 2. The Bertz CT molecular complexity index is 950. The molecule has 0 spiro atoms. The van der Waals surface area contributed by atoms with Gasteiger partial charge in [0.05, 0.1) is 42.3 Å². The van der Waals surface area contributed by atoms with E-state index in [9.17, 15) is 9.59 Å². The largest absolute Gasteiger partial charge is 0.327 e. The molecule has 0 amide bonds. The predicted molar refractivity (Wildman–Crippen MR) is 111 cm³/mol. The number of quaternary nitrogens is 2. The lowest BCUT2D eigenvalue weighted by Crippen LogP contribution is -2.37. The first-order valence-electron chi connectivity index (χ1n) is 9.02. The zero-order valence-electron chi connectivity index (χ0n) is 16.9. The highest BCUT2D eigenvalue weighted by molar-refractivity contribution is 9.10. The molecule has 5 heteroatoms. The number of halogens is 1. The van der Waals surface area contributed by atoms with E-state index in [4.69, 9.17) is 0 Å². The van der Waals surface area contributed by atoms with Gasteiger partial charge in [-0.2, -0.15) is 0 Å². The van der Waals surface area contributed by atoms with Crippen molar-refractivity contribution in [3.8, 4) is 0 Å². The Morgan fingerprint density at radius 2 is 1.30 bits per heavy atom. The number of hydrogen-bond donors (Lipinski definition) is 0. The molecule has 0 saturated carbocycles. The molecular formula is C22H27BrN2O2+2. The Kier molecular flexibility index (Phi) is 4.91. The van der Waals surface area contributed by atoms with Gasteiger partial charge in [0.2, 0.25) is 0 Å². The van der Waals surface area contributed by atoms with Crippen LogP contribution in [0, 0.1) is 0 Å². The predicted octanol–water partition coefficient (Wildman–Crippen LogP) is 3.64. The molecule has 1 aliphatic carbocycles. The van der Waals surface area contributed by atoms with E-state index in [0.717, 1.165) is 37.7 Å². The summed E-state index contributed by atoms with van der Waals surface area (Å²) in [4.78, 5) is 26.3. The lowest BCUT2D eigenvalue weighted by Gasteiger charge is -2.31. The standard InChI is InChI=1S/C22H27BrN2O2/c1-24(2,3)12-14-11-17-19(20(23)18(14)13-25(4,5)6)22(27)16-10-8-7-9-15(16)21(17)26/h7-11H,12-13H2,1-6H3/q+2. The number of hydrogen-bond acceptors (Lipinski definition) is 2. The Labute approximate surface area is 169 Å². The number of fused-ring (bicyclic) bond motifs is 2. The van der Waals surface area contributed by atoms with Crippen LogP contribution in [0.1, 0.15) is 43.0 Å². The van der Waals surface area contributed by atoms with Crippen molar-refractivity contribution >= 4 is 27.5 Å². The molecule has 4 nitrogen and oxygen atoms in total. The third-order valence-corrected chi connectivity index (χ3v) is 5.50. The number of rotatable bonds is 4. The summed E-state index contributed by atoms with van der Waals surface area (Å²) in [6.07, 6.45) is 0. The van der Waals surface area contributed by atoms with Gasteiger partial charge in [-0.1, -0.05) is 24.3 Å². The highest BCUT2D eigenvalue weighted by Gasteiger charge is 2.34. The molecule has 3 rings (SSSR count). The average Bonchev–Trinajstić information content (AvgIpc) is 2.53. The monoisotopic (exact) mass is 430 g/mol. The Morgan fingerprint density at radius 3 is 1.81 bits per heavy atom. The Hall–Kier alpha value is -1.82. The minimum Gasteiger partial charge on any atom is -0.327 e. The quantitative estimate of drug-likeness (QED) is 0.592. The van der Waals surface area contributed by atoms with Crippen LogP contribution in [0.3, 0.4) is 0 Å². The molecule has 0 saturated heterocycles. The van der Waals surface area contributed by atoms with Crippen molar-refractivity contribution < 1.29 is 18.6 Å². The second kappa shape index (κ2) is 6.66. The molecule has 0 fully saturated rings. The lowest BCUT2D eigenvalue weighted by atomic mass is 9.82. The fraction of sp³-hybridized carbons (Fsp3) is 0.364. The fourth-order valence-electron chi connectivity index (χ4n) is 3.60. The summed E-state index contributed by atoms with van der Waals surface area (Å²) >= 11 is 3.71. The zero-order valence-corrected chi connectivity index (χ0v) is 18.5. The number of carbonyl (C=O) groups excluding carboxylic acids is 2. The van der Waals surface area contributed by atoms with Crippen LogP contribution < -0.4 is 0 Å². The maximum atomic E-state index is 13.2. The molecule has 0 radical (unpaired) electrons. The van der Waals surface area contributed by atoms with Gasteiger partial charge in [-0.15, -0.1) is 0 Å². The van der Waals surface area contributed by atoms with Crippen LogP contribution >= 0.6 is 15.9 Å². The van der Waals surface area contributed by atoms with E-state index >= 15 is 0 Å². The molecule has 0 atom stereocenters. The maximum Gasteiger partial charge on any atom is 0.195 e. The SMILES string of the molecule is C[N+](C)(C)Cc1cc2c(c(Br)c1C[N+](C)(C)C)C(=O)c1ccccc1C2=O. The molecule has 0 N–H and O–H groups in total. The summed E-state index contributed by atoms with van der Waals surface area (Å²) in [6.45, 7) is 1.55. The van der Waals surface area contributed by atoms with E-state index in [2.05, 4.69) is 58.2 Å². The van der Waals surface area contributed by atoms with Crippen molar-refractivity contribution in [3.05, 3.63) is 68.2 Å². The Balaban J connectivity index is 2.28. The van der Waals surface area contributed by atoms with Crippen LogP contribution in [0.25, 0.3) is 0 Å². The van der Waals surface area contributed by atoms with Crippen LogP contribution in [0.2, 0.25) is 0 Å². The van der Waals surface area contributed by atoms with Crippen molar-refractivity contribution in [3.63, 3.8) is 0 Å². The van der Waals surface area contributed by atoms with Crippen LogP contribution in [-0.2, 0) is 13.1 Å². The van der Waals surface area contributed by atoms with Crippen molar-refractivity contribution in [2.75, 3.05) is 42.3 Å². The molecule has 27 heavy (non-hydrogen) atoms. The van der Waals surface area contributed by atoms with Crippen molar-refractivity contribution in [1.82, 2.24) is 0 Å². The van der Waals surface area contributed by atoms with E-state index in [1.807, 2.05) is 12.1 Å². The van der Waals surface area contributed by atoms with E-state index in [-0.39, 0.29) is 11.6 Å². The van der Waals surface area contributed by atoms with E-state index in [1.54, 1.807) is 18.2 Å². The number of carbonyl (C=O) groups is 2. The molecule has 142 valence electrons. The number of benzene rings is 2. The van der Waals surface area contributed by atoms with Crippen molar-refractivity contribution in [2.45, 2.75) is 13.1 Å². The molecule has 0 aliphatic heterocycles. The summed E-state index contributed by atoms with van der Waals surface area (Å²) in [5.74, 6) is -0.146. The smallest absolute Gasteiger partial charge is 0.195 e. The van der Waals surface area contributed by atoms with Gasteiger partial charge < -0.3 is 8.97 Å². The van der Waals surface area contributed by atoms with Gasteiger partial charge in [0.25, 0.3) is 0 Å². The minimum atomic E-state index is -0.0773. The third-order valence-electron chi connectivity index (χ3n) is 4.63. The van der Waals surface area contributed by atoms with Gasteiger partial charge in [0.15, 0.2) is 11.6 Å². The first-order chi connectivity index (χ1) is 12.4. The molecule has 1 aliphatic rings. The average molecular weight is 431 g/mol. The van der Waals surface area contributed by atoms with Crippen LogP contribution in [0.15, 0.2) is 34.8 Å². The molecule has 0 unspecified atom stereocenters. The minimum absolute atomic E-state index is 0.0691. The summed E-state index contributed by atoms with van der Waals surface area (Å²) in [5, 5.41) is 0. The normalized spacial score (nSPS) is 14.2. The van der Waals surface area contributed by atoms with Gasteiger partial charge in [0.1, 0.15) is 13.1 Å².